The van der Waals surface area contributed by atoms with Crippen molar-refractivity contribution in [1.29, 1.82) is 0 Å². The van der Waals surface area contributed by atoms with E-state index in [4.69, 9.17) is 0 Å². The maximum atomic E-state index is 11.9. The zero-order valence-corrected chi connectivity index (χ0v) is 9.36. The highest BCUT2D eigenvalue weighted by molar-refractivity contribution is 6.04. The van der Waals surface area contributed by atoms with Crippen molar-refractivity contribution in [1.82, 2.24) is 0 Å². The lowest BCUT2D eigenvalue weighted by Gasteiger charge is -2.23. The van der Waals surface area contributed by atoms with Crippen LogP contribution in [0.2, 0.25) is 0 Å². The summed E-state index contributed by atoms with van der Waals surface area (Å²) in [6.07, 6.45) is 1.69. The number of fused-ring (bicyclic) bond motifs is 3. The van der Waals surface area contributed by atoms with Crippen molar-refractivity contribution >= 4 is 16.6 Å². The minimum absolute atomic E-state index is 0.304. The second kappa shape index (κ2) is 3.44. The quantitative estimate of drug-likeness (QED) is 0.644. The summed E-state index contributed by atoms with van der Waals surface area (Å²) in [5.41, 5.74) is 2.20. The van der Waals surface area contributed by atoms with Crippen molar-refractivity contribution in [2.24, 2.45) is 0 Å². The zero-order chi connectivity index (χ0) is 11.1. The number of carbonyl (C=O) groups excluding carboxylic acids is 1. The summed E-state index contributed by atoms with van der Waals surface area (Å²) >= 11 is 0. The molecule has 3 rings (SSSR count). The van der Waals surface area contributed by atoms with E-state index in [0.29, 0.717) is 18.1 Å². The Morgan fingerprint density at radius 2 is 1.94 bits per heavy atom. The molecule has 0 heterocycles. The van der Waals surface area contributed by atoms with Gasteiger partial charge in [-0.1, -0.05) is 43.3 Å². The summed E-state index contributed by atoms with van der Waals surface area (Å²) in [7, 11) is 0. The highest BCUT2D eigenvalue weighted by Gasteiger charge is 2.24. The molecule has 0 saturated carbocycles. The van der Waals surface area contributed by atoms with Gasteiger partial charge >= 0.3 is 0 Å². The van der Waals surface area contributed by atoms with Gasteiger partial charge in [0.1, 0.15) is 0 Å². The predicted octanol–water partition coefficient (Wildman–Crippen LogP) is 3.92. The smallest absolute Gasteiger partial charge is 0.163 e. The molecule has 0 aliphatic heterocycles. The van der Waals surface area contributed by atoms with Crippen LogP contribution in [0.25, 0.3) is 10.8 Å². The molecule has 0 fully saturated rings. The van der Waals surface area contributed by atoms with Crippen molar-refractivity contribution in [2.45, 2.75) is 25.7 Å². The summed E-state index contributed by atoms with van der Waals surface area (Å²) in [5, 5.41) is 2.49. The van der Waals surface area contributed by atoms with Gasteiger partial charge in [0.15, 0.2) is 5.78 Å². The number of carbonyl (C=O) groups is 1. The minimum Gasteiger partial charge on any atom is -0.294 e. The van der Waals surface area contributed by atoms with Gasteiger partial charge in [0, 0.05) is 12.0 Å². The fraction of sp³-hybridized carbons (Fsp3) is 0.267. The molecular formula is C15H14O. The zero-order valence-electron chi connectivity index (χ0n) is 9.36. The van der Waals surface area contributed by atoms with Crippen LogP contribution in [-0.2, 0) is 0 Å². The normalized spacial score (nSPS) is 19.8. The van der Waals surface area contributed by atoms with Gasteiger partial charge in [-0.3, -0.25) is 4.79 Å². The van der Waals surface area contributed by atoms with Crippen LogP contribution in [-0.4, -0.2) is 5.78 Å². The van der Waals surface area contributed by atoms with Crippen LogP contribution in [0.15, 0.2) is 36.4 Å². The molecule has 2 aromatic carbocycles. The molecule has 0 bridgehead atoms. The van der Waals surface area contributed by atoms with Gasteiger partial charge < -0.3 is 0 Å². The van der Waals surface area contributed by atoms with E-state index >= 15 is 0 Å². The van der Waals surface area contributed by atoms with Crippen LogP contribution >= 0.6 is 0 Å². The third kappa shape index (κ3) is 1.28. The Labute approximate surface area is 95.1 Å². The molecule has 0 spiro atoms. The molecule has 0 radical (unpaired) electrons. The lowest BCUT2D eigenvalue weighted by Crippen LogP contribution is -2.14. The van der Waals surface area contributed by atoms with Crippen LogP contribution in [0.5, 0.6) is 0 Å². The monoisotopic (exact) mass is 210 g/mol. The van der Waals surface area contributed by atoms with Crippen molar-refractivity contribution < 1.29 is 4.79 Å². The number of rotatable bonds is 0. The fourth-order valence-corrected chi connectivity index (χ4v) is 2.70. The fourth-order valence-electron chi connectivity index (χ4n) is 2.70. The van der Waals surface area contributed by atoms with Gasteiger partial charge in [0.05, 0.1) is 0 Å². The highest BCUT2D eigenvalue weighted by Crippen LogP contribution is 2.36. The average Bonchev–Trinajstić information content (AvgIpc) is 2.33. The largest absolute Gasteiger partial charge is 0.294 e. The third-order valence-electron chi connectivity index (χ3n) is 3.57. The van der Waals surface area contributed by atoms with Gasteiger partial charge in [0.25, 0.3) is 0 Å². The molecule has 16 heavy (non-hydrogen) atoms. The summed E-state index contributed by atoms with van der Waals surface area (Å²) in [4.78, 5) is 11.9. The third-order valence-corrected chi connectivity index (χ3v) is 3.57. The van der Waals surface area contributed by atoms with Crippen LogP contribution in [0.1, 0.15) is 41.6 Å². The molecule has 1 unspecified atom stereocenters. The van der Waals surface area contributed by atoms with Crippen LogP contribution in [0.3, 0.4) is 0 Å². The molecule has 1 nitrogen and oxygen atoms in total. The standard InChI is InChI=1S/C15H14O/c1-10-6-9-14(16)13-8-7-11-4-2-3-5-12(11)15(10)13/h2-5,7-8,10H,6,9H2,1H3. The molecule has 1 atom stereocenters. The first-order valence-electron chi connectivity index (χ1n) is 5.82. The molecular weight excluding hydrogens is 196 g/mol. The molecule has 1 aliphatic carbocycles. The second-order valence-corrected chi connectivity index (χ2v) is 4.61. The summed E-state index contributed by atoms with van der Waals surface area (Å²) < 4.78 is 0. The van der Waals surface area contributed by atoms with Crippen molar-refractivity contribution in [3.05, 3.63) is 47.5 Å². The topological polar surface area (TPSA) is 17.1 Å². The number of ketones is 1. The maximum absolute atomic E-state index is 11.9. The number of Topliss-reactive ketones (excluding diaryl/α,β-unsaturated/α-hetero) is 1. The van der Waals surface area contributed by atoms with Gasteiger partial charge in [-0.15, -0.1) is 0 Å². The first-order chi connectivity index (χ1) is 7.77. The van der Waals surface area contributed by atoms with E-state index in [1.54, 1.807) is 0 Å². The summed E-state index contributed by atoms with van der Waals surface area (Å²) in [6, 6.07) is 12.4. The molecule has 2 aromatic rings. The highest BCUT2D eigenvalue weighted by atomic mass is 16.1. The van der Waals surface area contributed by atoms with Crippen molar-refractivity contribution in [3.8, 4) is 0 Å². The first kappa shape index (κ1) is 9.59. The van der Waals surface area contributed by atoms with E-state index in [-0.39, 0.29) is 0 Å². The first-order valence-corrected chi connectivity index (χ1v) is 5.82. The Kier molecular flexibility index (Phi) is 2.06. The van der Waals surface area contributed by atoms with Gasteiger partial charge in [-0.05, 0) is 28.7 Å². The average molecular weight is 210 g/mol. The molecule has 0 amide bonds. The van der Waals surface area contributed by atoms with Gasteiger partial charge in [-0.2, -0.15) is 0 Å². The van der Waals surface area contributed by atoms with E-state index < -0.39 is 0 Å². The molecule has 0 aromatic heterocycles. The van der Waals surface area contributed by atoms with E-state index in [1.807, 2.05) is 12.1 Å². The lowest BCUT2D eigenvalue weighted by atomic mass is 9.80. The van der Waals surface area contributed by atoms with Crippen molar-refractivity contribution in [3.63, 3.8) is 0 Å². The second-order valence-electron chi connectivity index (χ2n) is 4.61. The van der Waals surface area contributed by atoms with E-state index in [9.17, 15) is 4.79 Å². The molecule has 1 aliphatic rings. The molecule has 80 valence electrons. The Bertz CT molecular complexity index is 569. The van der Waals surface area contributed by atoms with E-state index in [0.717, 1.165) is 12.0 Å². The lowest BCUT2D eigenvalue weighted by molar-refractivity contribution is 0.0968. The van der Waals surface area contributed by atoms with E-state index in [1.165, 1.54) is 16.3 Å². The van der Waals surface area contributed by atoms with Crippen LogP contribution < -0.4 is 0 Å². The SMILES string of the molecule is CC1CCC(=O)c2ccc3ccccc3c21. The van der Waals surface area contributed by atoms with Crippen LogP contribution in [0.4, 0.5) is 0 Å². The minimum atomic E-state index is 0.304. The number of hydrogen-bond acceptors (Lipinski definition) is 1. The van der Waals surface area contributed by atoms with E-state index in [2.05, 4.69) is 31.2 Å². The Morgan fingerprint density at radius 1 is 1.12 bits per heavy atom. The summed E-state index contributed by atoms with van der Waals surface area (Å²) in [6.45, 7) is 2.22. The van der Waals surface area contributed by atoms with Crippen molar-refractivity contribution in [2.75, 3.05) is 0 Å². The van der Waals surface area contributed by atoms with Gasteiger partial charge in [-0.25, -0.2) is 0 Å². The molecule has 0 saturated heterocycles. The molecule has 1 heteroatoms. The number of hydrogen-bond donors (Lipinski definition) is 0. The Morgan fingerprint density at radius 3 is 2.81 bits per heavy atom. The number of benzene rings is 2. The summed E-state index contributed by atoms with van der Waals surface area (Å²) in [5.74, 6) is 0.803. The Balaban J connectivity index is 2.40. The van der Waals surface area contributed by atoms with Crippen LogP contribution in [0, 0.1) is 0 Å². The predicted molar refractivity (Wildman–Crippen MR) is 65.9 cm³/mol. The van der Waals surface area contributed by atoms with Gasteiger partial charge in [0.2, 0.25) is 0 Å². The maximum Gasteiger partial charge on any atom is 0.163 e. The Hall–Kier alpha value is -1.63. The molecule has 0 N–H and O–H groups in total.